The van der Waals surface area contributed by atoms with Gasteiger partial charge in [-0.15, -0.1) is 12.4 Å². The van der Waals surface area contributed by atoms with Gasteiger partial charge in [-0.1, -0.05) is 0 Å². The van der Waals surface area contributed by atoms with Crippen LogP contribution >= 0.6 is 28.3 Å². The fourth-order valence-corrected chi connectivity index (χ4v) is 1.26. The van der Waals surface area contributed by atoms with Crippen molar-refractivity contribution >= 4 is 39.7 Å². The van der Waals surface area contributed by atoms with E-state index in [0.29, 0.717) is 5.69 Å². The van der Waals surface area contributed by atoms with E-state index in [0.717, 1.165) is 10.2 Å². The summed E-state index contributed by atoms with van der Waals surface area (Å²) in [5.74, 6) is 0. The lowest BCUT2D eigenvalue weighted by Crippen LogP contribution is -1.96. The van der Waals surface area contributed by atoms with Crippen molar-refractivity contribution in [2.45, 2.75) is 0 Å². The van der Waals surface area contributed by atoms with Crippen LogP contribution in [0, 0.1) is 0 Å². The Morgan fingerprint density at radius 1 is 1.55 bits per heavy atom. The van der Waals surface area contributed by atoms with E-state index in [-0.39, 0.29) is 12.4 Å². The van der Waals surface area contributed by atoms with Crippen LogP contribution in [-0.4, -0.2) is 12.0 Å². The largest absolute Gasteiger partial charge is 0.396 e. The molecule has 0 atom stereocenters. The van der Waals surface area contributed by atoms with Crippen molar-refractivity contribution in [3.8, 4) is 0 Å². The highest BCUT2D eigenvalue weighted by atomic mass is 79.9. The van der Waals surface area contributed by atoms with Gasteiger partial charge in [0.2, 0.25) is 0 Å². The monoisotopic (exact) mass is 237 g/mol. The first-order valence-electron chi connectivity index (χ1n) is 2.82. The lowest BCUT2D eigenvalue weighted by Gasteiger charge is -2.04. The second kappa shape index (κ2) is 4.41. The molecule has 0 fully saturated rings. The molecule has 5 heteroatoms. The van der Waals surface area contributed by atoms with Crippen molar-refractivity contribution in [3.05, 3.63) is 16.9 Å². The summed E-state index contributed by atoms with van der Waals surface area (Å²) < 4.78 is 0.884. The summed E-state index contributed by atoms with van der Waals surface area (Å²) in [6, 6.07) is 0. The van der Waals surface area contributed by atoms with E-state index in [1.54, 1.807) is 12.4 Å². The second-order valence-corrected chi connectivity index (χ2v) is 2.69. The molecule has 0 spiro atoms. The third-order valence-electron chi connectivity index (χ3n) is 1.18. The molecule has 0 aliphatic heterocycles. The topological polar surface area (TPSA) is 50.9 Å². The van der Waals surface area contributed by atoms with Crippen molar-refractivity contribution in [2.24, 2.45) is 0 Å². The fraction of sp³-hybridized carbons (Fsp3) is 0.167. The number of hydrogen-bond acceptors (Lipinski definition) is 3. The van der Waals surface area contributed by atoms with Crippen molar-refractivity contribution in [1.29, 1.82) is 0 Å². The Balaban J connectivity index is 0.000001000. The summed E-state index contributed by atoms with van der Waals surface area (Å²) in [5, 5.41) is 2.95. The van der Waals surface area contributed by atoms with E-state index >= 15 is 0 Å². The SMILES string of the molecule is CNc1c(N)cncc1Br.Cl. The third kappa shape index (κ3) is 2.24. The molecule has 1 heterocycles. The van der Waals surface area contributed by atoms with Crippen LogP contribution < -0.4 is 11.1 Å². The number of nitrogens with two attached hydrogens (primary N) is 1. The molecule has 0 saturated carbocycles. The maximum atomic E-state index is 5.58. The van der Waals surface area contributed by atoms with Gasteiger partial charge >= 0.3 is 0 Å². The molecule has 1 aromatic rings. The molecular weight excluding hydrogens is 229 g/mol. The van der Waals surface area contributed by atoms with Gasteiger partial charge in [-0.05, 0) is 15.9 Å². The Hall–Kier alpha value is -0.480. The summed E-state index contributed by atoms with van der Waals surface area (Å²) in [7, 11) is 1.82. The van der Waals surface area contributed by atoms with Gasteiger partial charge in [0.05, 0.1) is 22.0 Å². The molecule has 3 N–H and O–H groups in total. The highest BCUT2D eigenvalue weighted by Crippen LogP contribution is 2.25. The quantitative estimate of drug-likeness (QED) is 0.786. The molecule has 0 saturated heterocycles. The number of anilines is 2. The number of nitrogen functional groups attached to an aromatic ring is 1. The van der Waals surface area contributed by atoms with E-state index in [1.807, 2.05) is 7.05 Å². The molecule has 62 valence electrons. The molecule has 0 bridgehead atoms. The molecule has 0 aliphatic rings. The molecule has 11 heavy (non-hydrogen) atoms. The van der Waals surface area contributed by atoms with Crippen LogP contribution in [0.15, 0.2) is 16.9 Å². The number of rotatable bonds is 1. The van der Waals surface area contributed by atoms with Crippen molar-refractivity contribution < 1.29 is 0 Å². The smallest absolute Gasteiger partial charge is 0.0747 e. The lowest BCUT2D eigenvalue weighted by molar-refractivity contribution is 1.30. The molecule has 0 aliphatic carbocycles. The molecule has 3 nitrogen and oxygen atoms in total. The Labute approximate surface area is 79.9 Å². The van der Waals surface area contributed by atoms with Gasteiger partial charge in [0.25, 0.3) is 0 Å². The molecule has 1 rings (SSSR count). The fourth-order valence-electron chi connectivity index (χ4n) is 0.714. The molecule has 0 aromatic carbocycles. The standard InChI is InChI=1S/C6H8BrN3.ClH/c1-9-6-4(7)2-10-3-5(6)8;/h2-3H,8H2,1H3,(H,9,10);1H. The lowest BCUT2D eigenvalue weighted by atomic mass is 10.3. The average molecular weight is 239 g/mol. The van der Waals surface area contributed by atoms with E-state index < -0.39 is 0 Å². The van der Waals surface area contributed by atoms with Crippen LogP contribution in [0.3, 0.4) is 0 Å². The number of nitrogens with one attached hydrogen (secondary N) is 1. The minimum Gasteiger partial charge on any atom is -0.396 e. The number of nitrogens with zero attached hydrogens (tertiary/aromatic N) is 1. The Kier molecular flexibility index (Phi) is 4.22. The summed E-state index contributed by atoms with van der Waals surface area (Å²) in [6.07, 6.45) is 3.30. The van der Waals surface area contributed by atoms with Gasteiger partial charge in [0.15, 0.2) is 0 Å². The Morgan fingerprint density at radius 2 is 2.18 bits per heavy atom. The van der Waals surface area contributed by atoms with Crippen molar-refractivity contribution in [3.63, 3.8) is 0 Å². The summed E-state index contributed by atoms with van der Waals surface area (Å²) in [6.45, 7) is 0. The van der Waals surface area contributed by atoms with Gasteiger partial charge in [-0.25, -0.2) is 0 Å². The maximum absolute atomic E-state index is 5.58. The zero-order valence-corrected chi connectivity index (χ0v) is 8.37. The summed E-state index contributed by atoms with van der Waals surface area (Å²) >= 11 is 3.30. The first-order valence-corrected chi connectivity index (χ1v) is 3.61. The van der Waals surface area contributed by atoms with Crippen LogP contribution in [0.4, 0.5) is 11.4 Å². The number of pyridine rings is 1. The van der Waals surface area contributed by atoms with Gasteiger partial charge in [0.1, 0.15) is 0 Å². The molecular formula is C6H9BrClN3. The van der Waals surface area contributed by atoms with Crippen LogP contribution in [0.5, 0.6) is 0 Å². The average Bonchev–Trinajstić information content (AvgIpc) is 1.88. The minimum absolute atomic E-state index is 0. The van der Waals surface area contributed by atoms with Crippen molar-refractivity contribution in [2.75, 3.05) is 18.1 Å². The van der Waals surface area contributed by atoms with E-state index in [2.05, 4.69) is 26.2 Å². The van der Waals surface area contributed by atoms with Crippen LogP contribution in [-0.2, 0) is 0 Å². The summed E-state index contributed by atoms with van der Waals surface area (Å²) in [5.41, 5.74) is 7.11. The van der Waals surface area contributed by atoms with E-state index in [9.17, 15) is 0 Å². The number of halogens is 2. The number of hydrogen-bond donors (Lipinski definition) is 2. The predicted octanol–water partition coefficient (Wildman–Crippen LogP) is 1.89. The van der Waals surface area contributed by atoms with Gasteiger partial charge in [0, 0.05) is 13.2 Å². The first-order chi connectivity index (χ1) is 4.75. The van der Waals surface area contributed by atoms with E-state index in [4.69, 9.17) is 5.73 Å². The highest BCUT2D eigenvalue weighted by molar-refractivity contribution is 9.10. The third-order valence-corrected chi connectivity index (χ3v) is 1.78. The van der Waals surface area contributed by atoms with Gasteiger partial charge in [-0.3, -0.25) is 4.98 Å². The number of aromatic nitrogens is 1. The molecule has 0 unspecified atom stereocenters. The zero-order valence-electron chi connectivity index (χ0n) is 5.97. The van der Waals surface area contributed by atoms with Gasteiger partial charge < -0.3 is 11.1 Å². The van der Waals surface area contributed by atoms with Gasteiger partial charge in [-0.2, -0.15) is 0 Å². The minimum atomic E-state index is 0. The first kappa shape index (κ1) is 10.5. The highest BCUT2D eigenvalue weighted by Gasteiger charge is 1.99. The zero-order chi connectivity index (χ0) is 7.56. The summed E-state index contributed by atoms with van der Waals surface area (Å²) in [4.78, 5) is 3.88. The molecule has 0 amide bonds. The molecule has 1 aromatic heterocycles. The van der Waals surface area contributed by atoms with Crippen LogP contribution in [0.25, 0.3) is 0 Å². The maximum Gasteiger partial charge on any atom is 0.0747 e. The normalized spacial score (nSPS) is 8.55. The Morgan fingerprint density at radius 3 is 2.55 bits per heavy atom. The second-order valence-electron chi connectivity index (χ2n) is 1.84. The van der Waals surface area contributed by atoms with E-state index in [1.165, 1.54) is 0 Å². The van der Waals surface area contributed by atoms with Crippen molar-refractivity contribution in [1.82, 2.24) is 4.98 Å². The Bertz CT molecular complexity index is 221. The van der Waals surface area contributed by atoms with Crippen LogP contribution in [0.1, 0.15) is 0 Å². The van der Waals surface area contributed by atoms with Crippen LogP contribution in [0.2, 0.25) is 0 Å². The molecule has 0 radical (unpaired) electrons. The predicted molar refractivity (Wildman–Crippen MR) is 53.1 cm³/mol.